The SMILES string of the molecule is CCCCCCCCCCCCCCCCCCCC[CH2][Ni][CH2]CCCCCCCCCCCCCCCCCCCC.CCCCCCc1cccc(C2=CC(CCCC)=C(c3cccc(CCCCCC)c3)[N+]2=[N-])c1. The van der Waals surface area contributed by atoms with Gasteiger partial charge in [-0.1, -0.05) is 207 Å². The summed E-state index contributed by atoms with van der Waals surface area (Å²) in [4.78, 5) is 0. The topological polar surface area (TPSA) is 25.3 Å². The Bertz CT molecular complexity index is 1630. The molecule has 0 bridgehead atoms. The van der Waals surface area contributed by atoms with Gasteiger partial charge in [-0.15, -0.1) is 0 Å². The van der Waals surface area contributed by atoms with Gasteiger partial charge < -0.3 is 5.53 Å². The van der Waals surface area contributed by atoms with Crippen molar-refractivity contribution in [1.29, 1.82) is 0 Å². The predicted molar refractivity (Wildman–Crippen MR) is 343 cm³/mol. The van der Waals surface area contributed by atoms with E-state index in [1.165, 1.54) is 328 Å². The van der Waals surface area contributed by atoms with Crippen LogP contribution in [0.5, 0.6) is 0 Å². The van der Waals surface area contributed by atoms with Gasteiger partial charge in [0.05, 0.1) is 0 Å². The Morgan fingerprint density at radius 3 is 0.935 bits per heavy atom. The van der Waals surface area contributed by atoms with Gasteiger partial charge in [0.15, 0.2) is 0 Å². The molecule has 0 spiro atoms. The number of hydrogen-bond donors (Lipinski definition) is 0. The van der Waals surface area contributed by atoms with E-state index in [9.17, 15) is 5.53 Å². The quantitative estimate of drug-likeness (QED) is 0.0358. The van der Waals surface area contributed by atoms with Crippen LogP contribution in [-0.2, 0) is 27.3 Å². The summed E-state index contributed by atoms with van der Waals surface area (Å²) in [7, 11) is 0. The Balaban J connectivity index is 0.000000539. The van der Waals surface area contributed by atoms with Gasteiger partial charge in [-0.2, -0.15) is 0 Å². The van der Waals surface area contributed by atoms with Crippen LogP contribution in [0.15, 0.2) is 60.2 Å². The number of nitrogens with zero attached hydrogens (tertiary/aromatic N) is 2. The van der Waals surface area contributed by atoms with E-state index in [-0.39, 0.29) is 0 Å². The van der Waals surface area contributed by atoms with Crippen molar-refractivity contribution in [2.45, 2.75) is 373 Å². The minimum absolute atomic E-state index is 0.907. The first-order valence-electron chi connectivity index (χ1n) is 34.7. The molecule has 3 rings (SSSR count). The molecule has 1 aliphatic rings. The molecule has 0 N–H and O–H groups in total. The molecule has 0 saturated carbocycles. The fourth-order valence-electron chi connectivity index (χ4n) is 11.4. The smallest absolute Gasteiger partial charge is 0.493 e. The molecule has 2 aromatic rings. The standard InChI is InChI=1S/C32H44N2.2C21H43.Ni/c1-4-7-10-12-16-26-18-14-21-28(23-26)31-25-30(20-9-6-3)32(34(31)33)29-22-15-19-27(24-29)17-13-11-8-5-2;2*1-3-5-7-9-11-13-15-17-19-21-20-18-16-14-12-10-8-6-4-2;/h14-15,18-19,21-25H,4-13,16-17,20H2,1-3H3;2*1,3-21H2,2H3;. The van der Waals surface area contributed by atoms with Gasteiger partial charge in [-0.05, 0) is 73.9 Å². The molecule has 77 heavy (non-hydrogen) atoms. The van der Waals surface area contributed by atoms with Gasteiger partial charge in [-0.25, -0.2) is 4.70 Å². The van der Waals surface area contributed by atoms with Crippen LogP contribution in [0, 0.1) is 0 Å². The van der Waals surface area contributed by atoms with Crippen LogP contribution in [-0.4, -0.2) is 4.70 Å². The summed E-state index contributed by atoms with van der Waals surface area (Å²) in [5, 5.41) is 2.87. The van der Waals surface area contributed by atoms with E-state index < -0.39 is 0 Å². The van der Waals surface area contributed by atoms with E-state index in [2.05, 4.69) is 89.2 Å². The number of rotatable bonds is 55. The summed E-state index contributed by atoms with van der Waals surface area (Å²) in [5.41, 5.74) is 19.5. The molecule has 0 aromatic heterocycles. The van der Waals surface area contributed by atoms with Crippen molar-refractivity contribution in [1.82, 2.24) is 0 Å². The van der Waals surface area contributed by atoms with Crippen molar-refractivity contribution in [3.63, 3.8) is 0 Å². The number of allylic oxidation sites excluding steroid dienone is 2. The van der Waals surface area contributed by atoms with Crippen molar-refractivity contribution >= 4 is 11.4 Å². The van der Waals surface area contributed by atoms with Gasteiger partial charge in [0.1, 0.15) is 0 Å². The maximum absolute atomic E-state index is 11.4. The summed E-state index contributed by atoms with van der Waals surface area (Å²) < 4.78 is 1.46. The Labute approximate surface area is 488 Å². The monoisotopic (exact) mass is 1100 g/mol. The fraction of sp³-hybridized carbons (Fsp3) is 0.784. The van der Waals surface area contributed by atoms with Crippen molar-refractivity contribution in [2.24, 2.45) is 0 Å². The van der Waals surface area contributed by atoms with Crippen LogP contribution in [0.3, 0.4) is 0 Å². The fourth-order valence-corrected chi connectivity index (χ4v) is 12.7. The molecule has 2 aromatic carbocycles. The molecule has 1 aliphatic heterocycles. The van der Waals surface area contributed by atoms with E-state index in [0.29, 0.717) is 0 Å². The third kappa shape index (κ3) is 40.0. The van der Waals surface area contributed by atoms with Crippen molar-refractivity contribution in [2.75, 3.05) is 0 Å². The van der Waals surface area contributed by atoms with Crippen LogP contribution in [0.4, 0.5) is 0 Å². The van der Waals surface area contributed by atoms with Crippen LogP contribution in [0.1, 0.15) is 371 Å². The minimum atomic E-state index is 0.907. The van der Waals surface area contributed by atoms with Crippen LogP contribution < -0.4 is 0 Å². The van der Waals surface area contributed by atoms with Gasteiger partial charge >= 0.3 is 166 Å². The van der Waals surface area contributed by atoms with Crippen molar-refractivity contribution < 1.29 is 19.1 Å². The molecule has 0 atom stereocenters. The Morgan fingerprint density at radius 2 is 0.597 bits per heavy atom. The Kier molecular flexibility index (Phi) is 50.4. The van der Waals surface area contributed by atoms with Crippen LogP contribution in [0.2, 0.25) is 10.8 Å². The van der Waals surface area contributed by atoms with Crippen LogP contribution in [0.25, 0.3) is 16.9 Å². The average Bonchev–Trinajstić information content (AvgIpc) is 3.79. The summed E-state index contributed by atoms with van der Waals surface area (Å²) >= 11 is 2.05. The molecule has 0 fully saturated rings. The van der Waals surface area contributed by atoms with Crippen molar-refractivity contribution in [3.05, 3.63) is 88.0 Å². The summed E-state index contributed by atoms with van der Waals surface area (Å²) in [6, 6.07) is 17.6. The summed E-state index contributed by atoms with van der Waals surface area (Å²) in [6.07, 6.45) is 74.1. The van der Waals surface area contributed by atoms with E-state index in [4.69, 9.17) is 0 Å². The summed E-state index contributed by atoms with van der Waals surface area (Å²) in [6.45, 7) is 11.4. The number of unbranched alkanes of at least 4 members (excludes halogenated alkanes) is 43. The first-order valence-corrected chi connectivity index (χ1v) is 36.1. The van der Waals surface area contributed by atoms with Crippen molar-refractivity contribution in [3.8, 4) is 0 Å². The number of benzene rings is 2. The van der Waals surface area contributed by atoms with Gasteiger partial charge in [0, 0.05) is 22.8 Å². The summed E-state index contributed by atoms with van der Waals surface area (Å²) in [5.74, 6) is 0. The van der Waals surface area contributed by atoms with Gasteiger partial charge in [-0.3, -0.25) is 0 Å². The zero-order valence-electron chi connectivity index (χ0n) is 52.4. The second-order valence-electron chi connectivity index (χ2n) is 24.0. The first-order chi connectivity index (χ1) is 38.1. The molecular formula is C74H130N2Ni. The molecule has 2 nitrogen and oxygen atoms in total. The molecule has 0 unspecified atom stereocenters. The number of aryl methyl sites for hydroxylation is 2. The Morgan fingerprint density at radius 1 is 0.312 bits per heavy atom. The van der Waals surface area contributed by atoms with E-state index in [0.717, 1.165) is 54.6 Å². The molecule has 3 heteroatoms. The normalized spacial score (nSPS) is 12.5. The first kappa shape index (κ1) is 71.1. The molecule has 0 amide bonds. The molecule has 0 radical (unpaired) electrons. The van der Waals surface area contributed by atoms with E-state index in [1.54, 1.807) is 0 Å². The average molecular weight is 1110 g/mol. The van der Waals surface area contributed by atoms with E-state index in [1.807, 2.05) is 14.4 Å². The molecular weight excluding hydrogens is 976 g/mol. The third-order valence-corrected chi connectivity index (χ3v) is 18.0. The third-order valence-electron chi connectivity index (χ3n) is 16.6. The Hall–Kier alpha value is -1.99. The zero-order valence-corrected chi connectivity index (χ0v) is 53.4. The second kappa shape index (κ2) is 54.6. The van der Waals surface area contributed by atoms with E-state index >= 15 is 0 Å². The predicted octanol–water partition coefficient (Wildman–Crippen LogP) is 26.7. The molecule has 0 saturated heterocycles. The number of hydrogen-bond acceptors (Lipinski definition) is 0. The van der Waals surface area contributed by atoms with Gasteiger partial charge in [0.2, 0.25) is 11.4 Å². The van der Waals surface area contributed by atoms with Gasteiger partial charge in [0.25, 0.3) is 0 Å². The maximum atomic E-state index is 11.4. The minimum Gasteiger partial charge on any atom is -0.493 e. The molecule has 446 valence electrons. The zero-order chi connectivity index (χ0) is 55.2. The molecule has 1 heterocycles. The van der Waals surface area contributed by atoms with Crippen LogP contribution >= 0.6 is 0 Å². The second-order valence-corrected chi connectivity index (χ2v) is 25.5. The molecule has 0 aliphatic carbocycles.